The van der Waals surface area contributed by atoms with Crippen LogP contribution >= 0.6 is 12.2 Å². The largest absolute Gasteiger partial charge is 0.494 e. The second-order valence-corrected chi connectivity index (χ2v) is 7.84. The first kappa shape index (κ1) is 23.2. The van der Waals surface area contributed by atoms with Gasteiger partial charge in [0.05, 0.1) is 12.5 Å². The normalized spacial score (nSPS) is 15.2. The molecule has 9 heteroatoms. The Labute approximate surface area is 192 Å². The third kappa shape index (κ3) is 6.52. The molecule has 8 nitrogen and oxygen atoms in total. The third-order valence-corrected chi connectivity index (χ3v) is 5.12. The second kappa shape index (κ2) is 11.2. The molecule has 2 aromatic rings. The molecule has 0 aliphatic carbocycles. The molecule has 1 aliphatic heterocycles. The van der Waals surface area contributed by atoms with E-state index in [1.54, 1.807) is 29.2 Å². The van der Waals surface area contributed by atoms with Crippen LogP contribution in [0.4, 0.5) is 0 Å². The molecule has 1 heterocycles. The number of benzene rings is 2. The van der Waals surface area contributed by atoms with Crippen molar-refractivity contribution in [3.8, 4) is 5.75 Å². The van der Waals surface area contributed by atoms with Gasteiger partial charge in [-0.15, -0.1) is 0 Å². The molecule has 1 atom stereocenters. The molecule has 1 fully saturated rings. The van der Waals surface area contributed by atoms with Crippen LogP contribution in [0.2, 0.25) is 0 Å². The first-order chi connectivity index (χ1) is 15.5. The highest BCUT2D eigenvalue weighted by molar-refractivity contribution is 7.80. The number of thiocarbonyl (C=S) groups is 1. The number of hydrogen-bond donors (Lipinski definition) is 3. The zero-order chi connectivity index (χ0) is 22.9. The molecule has 3 N–H and O–H groups in total. The number of nitrogens with one attached hydrogen (secondary N) is 3. The standard InChI is InChI=1S/C23H26N4O4S/c1-2-12-31-19-10-8-17(9-11-19)21(29)24-23(32)26-25-22(30)18-13-20(28)27(15-18)14-16-6-4-3-5-7-16/h3-11,18H,2,12-15H2,1H3,(H,25,30)(H2,24,26,29,32). The predicted octanol–water partition coefficient (Wildman–Crippen LogP) is 2.16. The molecule has 0 radical (unpaired) electrons. The Morgan fingerprint density at radius 3 is 2.50 bits per heavy atom. The Kier molecular flexibility index (Phi) is 8.15. The summed E-state index contributed by atoms with van der Waals surface area (Å²) in [7, 11) is 0. The van der Waals surface area contributed by atoms with Gasteiger partial charge in [-0.2, -0.15) is 0 Å². The van der Waals surface area contributed by atoms with Gasteiger partial charge in [0.1, 0.15) is 5.75 Å². The topological polar surface area (TPSA) is 99.8 Å². The van der Waals surface area contributed by atoms with E-state index in [2.05, 4.69) is 16.2 Å². The van der Waals surface area contributed by atoms with E-state index in [1.165, 1.54) is 0 Å². The number of hydrogen-bond acceptors (Lipinski definition) is 5. The Hall–Kier alpha value is -3.46. The fourth-order valence-corrected chi connectivity index (χ4v) is 3.40. The zero-order valence-electron chi connectivity index (χ0n) is 17.8. The molecule has 0 spiro atoms. The van der Waals surface area contributed by atoms with Crippen molar-refractivity contribution < 1.29 is 19.1 Å². The van der Waals surface area contributed by atoms with E-state index >= 15 is 0 Å². The average molecular weight is 455 g/mol. The van der Waals surface area contributed by atoms with Crippen molar-refractivity contribution in [3.05, 3.63) is 65.7 Å². The van der Waals surface area contributed by atoms with Crippen LogP contribution in [0.15, 0.2) is 54.6 Å². The first-order valence-electron chi connectivity index (χ1n) is 10.4. The van der Waals surface area contributed by atoms with Gasteiger partial charge in [-0.05, 0) is 48.5 Å². The monoisotopic (exact) mass is 454 g/mol. The summed E-state index contributed by atoms with van der Waals surface area (Å²) < 4.78 is 5.49. The Morgan fingerprint density at radius 2 is 1.81 bits per heavy atom. The summed E-state index contributed by atoms with van der Waals surface area (Å²) in [6, 6.07) is 16.3. The molecule has 2 aromatic carbocycles. The number of amides is 3. The number of rotatable bonds is 7. The minimum Gasteiger partial charge on any atom is -0.494 e. The van der Waals surface area contributed by atoms with Gasteiger partial charge < -0.3 is 9.64 Å². The van der Waals surface area contributed by atoms with Crippen molar-refractivity contribution in [2.75, 3.05) is 13.2 Å². The first-order valence-corrected chi connectivity index (χ1v) is 10.8. The molecule has 3 amide bonds. The summed E-state index contributed by atoms with van der Waals surface area (Å²) >= 11 is 5.08. The highest BCUT2D eigenvalue weighted by atomic mass is 32.1. The SMILES string of the molecule is CCCOc1ccc(C(=O)NC(=S)NNC(=O)C2CC(=O)N(Cc3ccccc3)C2)cc1. The summed E-state index contributed by atoms with van der Waals surface area (Å²) in [5.74, 6) is -0.653. The van der Waals surface area contributed by atoms with E-state index in [-0.39, 0.29) is 23.3 Å². The predicted molar refractivity (Wildman–Crippen MR) is 124 cm³/mol. The summed E-state index contributed by atoms with van der Waals surface area (Å²) in [6.07, 6.45) is 1.03. The summed E-state index contributed by atoms with van der Waals surface area (Å²) in [5, 5.41) is 2.46. The lowest BCUT2D eigenvalue weighted by Gasteiger charge is -2.17. The van der Waals surface area contributed by atoms with Gasteiger partial charge in [-0.1, -0.05) is 37.3 Å². The lowest BCUT2D eigenvalue weighted by Crippen LogP contribution is -2.50. The molecule has 1 unspecified atom stereocenters. The van der Waals surface area contributed by atoms with Crippen LogP contribution in [0.3, 0.4) is 0 Å². The molecule has 0 bridgehead atoms. The summed E-state index contributed by atoms with van der Waals surface area (Å²) in [4.78, 5) is 38.6. The van der Waals surface area contributed by atoms with Crippen molar-refractivity contribution in [3.63, 3.8) is 0 Å². The number of nitrogens with zero attached hydrogens (tertiary/aromatic N) is 1. The van der Waals surface area contributed by atoms with Crippen molar-refractivity contribution in [1.82, 2.24) is 21.1 Å². The van der Waals surface area contributed by atoms with Crippen molar-refractivity contribution in [1.29, 1.82) is 0 Å². The molecule has 1 saturated heterocycles. The van der Waals surface area contributed by atoms with Gasteiger partial charge in [-0.3, -0.25) is 30.6 Å². The Balaban J connectivity index is 1.43. The quantitative estimate of drug-likeness (QED) is 0.438. The lowest BCUT2D eigenvalue weighted by atomic mass is 10.1. The minimum atomic E-state index is -0.493. The van der Waals surface area contributed by atoms with Gasteiger partial charge in [-0.25, -0.2) is 0 Å². The number of ether oxygens (including phenoxy) is 1. The molecule has 1 aliphatic rings. The van der Waals surface area contributed by atoms with Crippen LogP contribution < -0.4 is 20.9 Å². The molecular formula is C23H26N4O4S. The minimum absolute atomic E-state index is 0.0416. The number of likely N-dealkylation sites (tertiary alicyclic amines) is 1. The van der Waals surface area contributed by atoms with Gasteiger partial charge >= 0.3 is 0 Å². The highest BCUT2D eigenvalue weighted by Gasteiger charge is 2.34. The van der Waals surface area contributed by atoms with Crippen LogP contribution in [0.25, 0.3) is 0 Å². The molecule has 168 valence electrons. The Morgan fingerprint density at radius 1 is 1.09 bits per heavy atom. The zero-order valence-corrected chi connectivity index (χ0v) is 18.6. The van der Waals surface area contributed by atoms with Crippen molar-refractivity contribution in [2.24, 2.45) is 5.92 Å². The van der Waals surface area contributed by atoms with Gasteiger partial charge in [0.25, 0.3) is 5.91 Å². The maximum absolute atomic E-state index is 12.4. The fourth-order valence-electron chi connectivity index (χ4n) is 3.25. The van der Waals surface area contributed by atoms with Crippen LogP contribution in [0.1, 0.15) is 35.7 Å². The van der Waals surface area contributed by atoms with E-state index in [0.717, 1.165) is 12.0 Å². The van der Waals surface area contributed by atoms with Crippen molar-refractivity contribution in [2.45, 2.75) is 26.3 Å². The summed E-state index contributed by atoms with van der Waals surface area (Å²) in [5.41, 5.74) is 6.41. The molecule has 32 heavy (non-hydrogen) atoms. The molecule has 0 aromatic heterocycles. The Bertz CT molecular complexity index is 966. The van der Waals surface area contributed by atoms with Crippen molar-refractivity contribution >= 4 is 35.1 Å². The van der Waals surface area contributed by atoms with Crippen LogP contribution in [0, 0.1) is 5.92 Å². The molecular weight excluding hydrogens is 428 g/mol. The maximum Gasteiger partial charge on any atom is 0.257 e. The smallest absolute Gasteiger partial charge is 0.257 e. The van der Waals surface area contributed by atoms with Gasteiger partial charge in [0, 0.05) is 25.1 Å². The number of carbonyl (C=O) groups excluding carboxylic acids is 3. The molecule has 3 rings (SSSR count). The van der Waals surface area contributed by atoms with Gasteiger partial charge in [0.15, 0.2) is 5.11 Å². The van der Waals surface area contributed by atoms with Crippen LogP contribution in [0.5, 0.6) is 5.75 Å². The average Bonchev–Trinajstić information content (AvgIpc) is 3.17. The van der Waals surface area contributed by atoms with Crippen LogP contribution in [-0.4, -0.2) is 40.9 Å². The third-order valence-electron chi connectivity index (χ3n) is 4.92. The number of hydrazine groups is 1. The fraction of sp³-hybridized carbons (Fsp3) is 0.304. The number of carbonyl (C=O) groups is 3. The van der Waals surface area contributed by atoms with Crippen LogP contribution in [-0.2, 0) is 16.1 Å². The lowest BCUT2D eigenvalue weighted by molar-refractivity contribution is -0.129. The second-order valence-electron chi connectivity index (χ2n) is 7.43. The van der Waals surface area contributed by atoms with Gasteiger partial charge in [0.2, 0.25) is 11.8 Å². The molecule has 0 saturated carbocycles. The van der Waals surface area contributed by atoms with E-state index in [0.29, 0.717) is 31.0 Å². The summed E-state index contributed by atoms with van der Waals surface area (Å²) in [6.45, 7) is 3.41. The van der Waals surface area contributed by atoms with E-state index < -0.39 is 11.8 Å². The maximum atomic E-state index is 12.4. The van der Waals surface area contributed by atoms with E-state index in [9.17, 15) is 14.4 Å². The van der Waals surface area contributed by atoms with E-state index in [4.69, 9.17) is 17.0 Å². The van der Waals surface area contributed by atoms with E-state index in [1.807, 2.05) is 37.3 Å². The highest BCUT2D eigenvalue weighted by Crippen LogP contribution is 2.20.